The van der Waals surface area contributed by atoms with Crippen LogP contribution in [0.25, 0.3) is 33.3 Å². The Labute approximate surface area is 174 Å². The third kappa shape index (κ3) is 3.14. The number of para-hydroxylation sites is 1. The number of ether oxygens (including phenoxy) is 1. The number of nitrogens with zero attached hydrogens (tertiary/aromatic N) is 3. The molecule has 1 amide bonds. The fraction of sp³-hybridized carbons (Fsp3) is 0.174. The molecule has 0 bridgehead atoms. The number of carbonyl (C=O) groups is 1. The highest BCUT2D eigenvalue weighted by Crippen LogP contribution is 2.38. The Bertz CT molecular complexity index is 1260. The molecule has 0 radical (unpaired) electrons. The first kappa shape index (κ1) is 19.4. The Balaban J connectivity index is 1.92. The number of rotatable bonds is 4. The number of nitrogens with two attached hydrogens (primary N) is 1. The molecule has 0 aliphatic carbocycles. The van der Waals surface area contributed by atoms with E-state index in [-0.39, 0.29) is 11.7 Å². The standard InChI is InChI=1S/C23H23N5O2/c1-13-17(14-9-16(21(24)25-10-14)23(29)28(2)3)11-26-22-20(13)18(12-27-22)15-7-5-6-8-19(15)30-4/h5-12H,1-4H3,(H2,24,25)(H,26,27). The number of aromatic amines is 1. The van der Waals surface area contributed by atoms with Crippen LogP contribution in [0.15, 0.2) is 48.9 Å². The maximum atomic E-state index is 12.5. The normalized spacial score (nSPS) is 10.9. The lowest BCUT2D eigenvalue weighted by Gasteiger charge is -2.14. The van der Waals surface area contributed by atoms with E-state index in [1.807, 2.05) is 37.4 Å². The number of aromatic nitrogens is 3. The molecule has 1 aromatic carbocycles. The van der Waals surface area contributed by atoms with Gasteiger partial charge in [0.15, 0.2) is 0 Å². The fourth-order valence-electron chi connectivity index (χ4n) is 3.66. The molecule has 0 saturated carbocycles. The average molecular weight is 401 g/mol. The lowest BCUT2D eigenvalue weighted by atomic mass is 9.96. The summed E-state index contributed by atoms with van der Waals surface area (Å²) < 4.78 is 5.55. The summed E-state index contributed by atoms with van der Waals surface area (Å²) in [5.74, 6) is 0.807. The van der Waals surface area contributed by atoms with Crippen molar-refractivity contribution in [3.63, 3.8) is 0 Å². The van der Waals surface area contributed by atoms with Crippen molar-refractivity contribution in [2.75, 3.05) is 26.9 Å². The average Bonchev–Trinajstić information content (AvgIpc) is 3.19. The van der Waals surface area contributed by atoms with Gasteiger partial charge in [-0.05, 0) is 24.6 Å². The highest BCUT2D eigenvalue weighted by atomic mass is 16.5. The van der Waals surface area contributed by atoms with Gasteiger partial charge in [0, 0.05) is 60.3 Å². The van der Waals surface area contributed by atoms with Crippen molar-refractivity contribution in [3.05, 3.63) is 60.0 Å². The van der Waals surface area contributed by atoms with Crippen LogP contribution < -0.4 is 10.5 Å². The van der Waals surface area contributed by atoms with E-state index in [4.69, 9.17) is 10.5 Å². The number of methoxy groups -OCH3 is 1. The maximum absolute atomic E-state index is 12.5. The Morgan fingerprint density at radius 3 is 2.60 bits per heavy atom. The van der Waals surface area contributed by atoms with Crippen LogP contribution in [0.3, 0.4) is 0 Å². The zero-order valence-electron chi connectivity index (χ0n) is 17.4. The van der Waals surface area contributed by atoms with Crippen LogP contribution in [0.5, 0.6) is 5.75 Å². The van der Waals surface area contributed by atoms with Gasteiger partial charge in [-0.3, -0.25) is 4.79 Å². The summed E-state index contributed by atoms with van der Waals surface area (Å²) in [5, 5.41) is 0.995. The zero-order chi connectivity index (χ0) is 21.4. The van der Waals surface area contributed by atoms with Gasteiger partial charge in [-0.1, -0.05) is 18.2 Å². The van der Waals surface area contributed by atoms with Crippen LogP contribution in [-0.2, 0) is 0 Å². The van der Waals surface area contributed by atoms with E-state index in [0.29, 0.717) is 5.56 Å². The quantitative estimate of drug-likeness (QED) is 0.541. The fourth-order valence-corrected chi connectivity index (χ4v) is 3.66. The number of benzene rings is 1. The first-order chi connectivity index (χ1) is 14.4. The molecule has 0 fully saturated rings. The molecule has 0 spiro atoms. The van der Waals surface area contributed by atoms with Crippen molar-refractivity contribution in [1.29, 1.82) is 0 Å². The van der Waals surface area contributed by atoms with E-state index < -0.39 is 0 Å². The summed E-state index contributed by atoms with van der Waals surface area (Å²) in [6, 6.07) is 9.65. The van der Waals surface area contributed by atoms with E-state index in [0.717, 1.165) is 44.6 Å². The molecule has 152 valence electrons. The number of amides is 1. The largest absolute Gasteiger partial charge is 0.496 e. The SMILES string of the molecule is COc1ccccc1-c1c[nH]c2ncc(-c3cnc(N)c(C(=O)N(C)C)c3)c(C)c12. The van der Waals surface area contributed by atoms with Crippen LogP contribution in [0.2, 0.25) is 0 Å². The van der Waals surface area contributed by atoms with Crippen LogP contribution in [0.1, 0.15) is 15.9 Å². The van der Waals surface area contributed by atoms with E-state index in [1.54, 1.807) is 39.7 Å². The summed E-state index contributed by atoms with van der Waals surface area (Å²) in [6.45, 7) is 2.04. The van der Waals surface area contributed by atoms with Crippen molar-refractivity contribution in [1.82, 2.24) is 19.9 Å². The molecule has 0 unspecified atom stereocenters. The molecule has 0 atom stereocenters. The molecule has 0 aliphatic heterocycles. The third-order valence-corrected chi connectivity index (χ3v) is 5.22. The van der Waals surface area contributed by atoms with Gasteiger partial charge in [0.25, 0.3) is 5.91 Å². The number of hydrogen-bond donors (Lipinski definition) is 2. The third-order valence-electron chi connectivity index (χ3n) is 5.22. The smallest absolute Gasteiger partial charge is 0.257 e. The molecule has 3 heterocycles. The highest BCUT2D eigenvalue weighted by molar-refractivity contribution is 6.02. The minimum atomic E-state index is -0.190. The molecule has 0 aliphatic rings. The molecule has 30 heavy (non-hydrogen) atoms. The number of aryl methyl sites for hydroxylation is 1. The second-order valence-electron chi connectivity index (χ2n) is 7.28. The predicted molar refractivity (Wildman–Crippen MR) is 118 cm³/mol. The van der Waals surface area contributed by atoms with E-state index in [2.05, 4.69) is 15.0 Å². The van der Waals surface area contributed by atoms with Crippen LogP contribution in [0, 0.1) is 6.92 Å². The number of H-pyrrole nitrogens is 1. The molecular formula is C23H23N5O2. The van der Waals surface area contributed by atoms with Gasteiger partial charge in [0.1, 0.15) is 17.2 Å². The number of hydrogen-bond acceptors (Lipinski definition) is 5. The van der Waals surface area contributed by atoms with Gasteiger partial charge in [0.2, 0.25) is 0 Å². The molecule has 0 saturated heterocycles. The summed E-state index contributed by atoms with van der Waals surface area (Å²) in [7, 11) is 5.03. The van der Waals surface area contributed by atoms with Gasteiger partial charge in [-0.25, -0.2) is 9.97 Å². The van der Waals surface area contributed by atoms with Crippen molar-refractivity contribution in [2.24, 2.45) is 0 Å². The summed E-state index contributed by atoms with van der Waals surface area (Å²) >= 11 is 0. The first-order valence-electron chi connectivity index (χ1n) is 9.50. The van der Waals surface area contributed by atoms with E-state index in [9.17, 15) is 4.79 Å². The van der Waals surface area contributed by atoms with Gasteiger partial charge in [0.05, 0.1) is 12.7 Å². The molecule has 4 rings (SSSR count). The molecule has 7 heteroatoms. The number of anilines is 1. The van der Waals surface area contributed by atoms with Crippen molar-refractivity contribution >= 4 is 22.8 Å². The monoisotopic (exact) mass is 401 g/mol. The van der Waals surface area contributed by atoms with Crippen LogP contribution in [-0.4, -0.2) is 47.0 Å². The van der Waals surface area contributed by atoms with Crippen LogP contribution in [0.4, 0.5) is 5.82 Å². The lowest BCUT2D eigenvalue weighted by Crippen LogP contribution is -2.23. The van der Waals surface area contributed by atoms with Crippen molar-refractivity contribution in [3.8, 4) is 28.0 Å². The zero-order valence-corrected chi connectivity index (χ0v) is 17.4. The predicted octanol–water partition coefficient (Wildman–Crippen LogP) is 3.89. The van der Waals surface area contributed by atoms with Gasteiger partial charge in [-0.2, -0.15) is 0 Å². The van der Waals surface area contributed by atoms with E-state index >= 15 is 0 Å². The van der Waals surface area contributed by atoms with E-state index in [1.165, 1.54) is 4.90 Å². The number of carbonyl (C=O) groups excluding carboxylic acids is 1. The van der Waals surface area contributed by atoms with Crippen molar-refractivity contribution in [2.45, 2.75) is 6.92 Å². The van der Waals surface area contributed by atoms with Gasteiger partial charge in [-0.15, -0.1) is 0 Å². The summed E-state index contributed by atoms with van der Waals surface area (Å²) in [5.41, 5.74) is 11.8. The number of nitrogen functional groups attached to an aromatic ring is 1. The van der Waals surface area contributed by atoms with Gasteiger partial charge < -0.3 is 20.4 Å². The number of nitrogens with one attached hydrogen (secondary N) is 1. The van der Waals surface area contributed by atoms with Gasteiger partial charge >= 0.3 is 0 Å². The molecular weight excluding hydrogens is 378 g/mol. The number of pyridine rings is 2. The Kier molecular flexibility index (Phi) is 4.87. The Hall–Kier alpha value is -3.87. The molecule has 3 N–H and O–H groups in total. The molecule has 3 aromatic heterocycles. The Morgan fingerprint density at radius 1 is 1.10 bits per heavy atom. The maximum Gasteiger partial charge on any atom is 0.257 e. The molecule has 4 aromatic rings. The summed E-state index contributed by atoms with van der Waals surface area (Å²) in [4.78, 5) is 26.1. The van der Waals surface area contributed by atoms with Crippen LogP contribution >= 0.6 is 0 Å². The highest BCUT2D eigenvalue weighted by Gasteiger charge is 2.19. The Morgan fingerprint density at radius 2 is 1.87 bits per heavy atom. The lowest BCUT2D eigenvalue weighted by molar-refractivity contribution is 0.0828. The molecule has 7 nitrogen and oxygen atoms in total. The second kappa shape index (κ2) is 7.51. The minimum absolute atomic E-state index is 0.190. The minimum Gasteiger partial charge on any atom is -0.496 e. The van der Waals surface area contributed by atoms with Crippen molar-refractivity contribution < 1.29 is 9.53 Å². The summed E-state index contributed by atoms with van der Waals surface area (Å²) in [6.07, 6.45) is 5.40. The topological polar surface area (TPSA) is 97.1 Å². The number of fused-ring (bicyclic) bond motifs is 1. The second-order valence-corrected chi connectivity index (χ2v) is 7.28. The first-order valence-corrected chi connectivity index (χ1v) is 9.50.